The molecule has 0 unspecified atom stereocenters. The van der Waals surface area contributed by atoms with Crippen LogP contribution >= 0.6 is 0 Å². The monoisotopic (exact) mass is 461 g/mol. The first-order valence-electron chi connectivity index (χ1n) is 11.2. The van der Waals surface area contributed by atoms with E-state index >= 15 is 0 Å². The molecule has 2 aromatic carbocycles. The van der Waals surface area contributed by atoms with Gasteiger partial charge in [-0.1, -0.05) is 25.1 Å². The summed E-state index contributed by atoms with van der Waals surface area (Å²) in [5.41, 5.74) is 3.71. The Morgan fingerprint density at radius 2 is 1.79 bits per heavy atom. The lowest BCUT2D eigenvalue weighted by Gasteiger charge is -2.31. The number of ether oxygens (including phenoxy) is 2. The molecule has 0 aliphatic rings. The zero-order valence-electron chi connectivity index (χ0n) is 20.2. The summed E-state index contributed by atoms with van der Waals surface area (Å²) in [6.45, 7) is 5.62. The van der Waals surface area contributed by atoms with Crippen molar-refractivity contribution in [1.82, 2.24) is 4.98 Å². The molecule has 2 atom stereocenters. The zero-order valence-corrected chi connectivity index (χ0v) is 20.2. The summed E-state index contributed by atoms with van der Waals surface area (Å²) in [6, 6.07) is 15.6. The van der Waals surface area contributed by atoms with E-state index in [4.69, 9.17) is 9.47 Å². The number of nitrogens with one attached hydrogen (secondary N) is 1. The smallest absolute Gasteiger partial charge is 0.252 e. The lowest BCUT2D eigenvalue weighted by molar-refractivity contribution is -0.123. The van der Waals surface area contributed by atoms with Crippen LogP contribution in [-0.2, 0) is 14.3 Å². The fraction of sp³-hybridized carbons (Fsp3) is 0.296. The minimum absolute atomic E-state index is 0.0835. The Kier molecular flexibility index (Phi) is 8.38. The molecular weight excluding hydrogens is 430 g/mol. The number of nitrogens with zero attached hydrogens (tertiary/aromatic N) is 2. The number of carbonyl (C=O) groups excluding carboxylic acids is 2. The third-order valence-corrected chi connectivity index (χ3v) is 5.76. The molecule has 7 nitrogen and oxygen atoms in total. The summed E-state index contributed by atoms with van der Waals surface area (Å²) in [6.07, 6.45) is 3.41. The molecule has 34 heavy (non-hydrogen) atoms. The van der Waals surface area contributed by atoms with E-state index < -0.39 is 6.04 Å². The van der Waals surface area contributed by atoms with E-state index in [1.54, 1.807) is 57.8 Å². The summed E-state index contributed by atoms with van der Waals surface area (Å²) in [5, 5.41) is 2.99. The maximum atomic E-state index is 13.7. The highest BCUT2D eigenvalue weighted by Gasteiger charge is 2.32. The van der Waals surface area contributed by atoms with Crippen LogP contribution in [0.1, 0.15) is 49.1 Å². The van der Waals surface area contributed by atoms with E-state index in [-0.39, 0.29) is 24.3 Å². The van der Waals surface area contributed by atoms with E-state index in [1.807, 2.05) is 44.2 Å². The average molecular weight is 462 g/mol. The van der Waals surface area contributed by atoms with Crippen molar-refractivity contribution in [3.8, 4) is 5.75 Å². The van der Waals surface area contributed by atoms with Gasteiger partial charge in [0.05, 0.1) is 13.2 Å². The van der Waals surface area contributed by atoms with Gasteiger partial charge in [-0.25, -0.2) is 0 Å². The van der Waals surface area contributed by atoms with Gasteiger partial charge in [-0.3, -0.25) is 19.5 Å². The number of hydrogen-bond acceptors (Lipinski definition) is 5. The molecule has 0 bridgehead atoms. The van der Waals surface area contributed by atoms with E-state index in [1.165, 1.54) is 4.90 Å². The van der Waals surface area contributed by atoms with Crippen molar-refractivity contribution in [2.45, 2.75) is 39.3 Å². The molecule has 3 rings (SSSR count). The molecule has 0 radical (unpaired) electrons. The Labute approximate surface area is 200 Å². The third kappa shape index (κ3) is 5.61. The van der Waals surface area contributed by atoms with Crippen LogP contribution in [0.2, 0.25) is 0 Å². The highest BCUT2D eigenvalue weighted by Crippen LogP contribution is 2.31. The van der Waals surface area contributed by atoms with Crippen LogP contribution in [-0.4, -0.2) is 31.0 Å². The van der Waals surface area contributed by atoms with Crippen molar-refractivity contribution < 1.29 is 19.1 Å². The van der Waals surface area contributed by atoms with Crippen molar-refractivity contribution >= 4 is 23.2 Å². The standard InChI is InChI=1S/C27H31N3O4/c1-6-25(31)30(22-11-9-20(10-12-22)19(3)33-4)26(21-8-7-15-28-17-21)27(32)29-24-14-13-23(34-5)16-18(24)2/h7-17,19,26H,6H2,1-5H3,(H,29,32)/t19-,26+/m0/s1. The molecule has 1 N–H and O–H groups in total. The minimum atomic E-state index is -0.909. The van der Waals surface area contributed by atoms with Gasteiger partial charge in [0.1, 0.15) is 11.8 Å². The van der Waals surface area contributed by atoms with E-state index in [0.29, 0.717) is 22.7 Å². The molecule has 2 amide bonds. The number of methoxy groups -OCH3 is 2. The van der Waals surface area contributed by atoms with Crippen LogP contribution in [0.15, 0.2) is 67.0 Å². The lowest BCUT2D eigenvalue weighted by Crippen LogP contribution is -2.41. The second-order valence-corrected chi connectivity index (χ2v) is 7.95. The largest absolute Gasteiger partial charge is 0.497 e. The third-order valence-electron chi connectivity index (χ3n) is 5.76. The van der Waals surface area contributed by atoms with Crippen LogP contribution in [0.4, 0.5) is 11.4 Å². The summed E-state index contributed by atoms with van der Waals surface area (Å²) in [4.78, 5) is 32.6. The van der Waals surface area contributed by atoms with Crippen molar-refractivity contribution in [2.75, 3.05) is 24.4 Å². The Balaban J connectivity index is 2.04. The van der Waals surface area contributed by atoms with Gasteiger partial charge in [0.2, 0.25) is 5.91 Å². The predicted octanol–water partition coefficient (Wildman–Crippen LogP) is 5.23. The van der Waals surface area contributed by atoms with Gasteiger partial charge >= 0.3 is 0 Å². The Bertz CT molecular complexity index is 1120. The second kappa shape index (κ2) is 11.4. The molecule has 1 aromatic heterocycles. The summed E-state index contributed by atoms with van der Waals surface area (Å²) in [5.74, 6) is 0.188. The molecule has 178 valence electrons. The molecular formula is C27H31N3O4. The molecule has 0 saturated heterocycles. The maximum absolute atomic E-state index is 13.7. The van der Waals surface area contributed by atoms with Crippen LogP contribution in [0.5, 0.6) is 5.75 Å². The second-order valence-electron chi connectivity index (χ2n) is 7.95. The summed E-state index contributed by atoms with van der Waals surface area (Å²) in [7, 11) is 3.24. The van der Waals surface area contributed by atoms with Gasteiger partial charge < -0.3 is 14.8 Å². The van der Waals surface area contributed by atoms with E-state index in [2.05, 4.69) is 10.3 Å². The Morgan fingerprint density at radius 3 is 2.35 bits per heavy atom. The number of rotatable bonds is 9. The Morgan fingerprint density at radius 1 is 1.06 bits per heavy atom. The van der Waals surface area contributed by atoms with Crippen molar-refractivity contribution in [3.63, 3.8) is 0 Å². The highest BCUT2D eigenvalue weighted by molar-refractivity contribution is 6.05. The summed E-state index contributed by atoms with van der Waals surface area (Å²) >= 11 is 0. The zero-order chi connectivity index (χ0) is 24.7. The van der Waals surface area contributed by atoms with Gasteiger partial charge in [0, 0.05) is 42.9 Å². The van der Waals surface area contributed by atoms with Crippen LogP contribution in [0.25, 0.3) is 0 Å². The normalized spacial score (nSPS) is 12.5. The number of amides is 2. The topological polar surface area (TPSA) is 80.8 Å². The number of aryl methyl sites for hydroxylation is 1. The molecule has 0 spiro atoms. The number of pyridine rings is 1. The number of benzene rings is 2. The maximum Gasteiger partial charge on any atom is 0.252 e. The molecule has 0 aliphatic carbocycles. The fourth-order valence-electron chi connectivity index (χ4n) is 3.71. The quantitative estimate of drug-likeness (QED) is 0.472. The fourth-order valence-corrected chi connectivity index (χ4v) is 3.71. The first-order chi connectivity index (χ1) is 16.4. The first kappa shape index (κ1) is 24.9. The van der Waals surface area contributed by atoms with Gasteiger partial charge in [-0.15, -0.1) is 0 Å². The average Bonchev–Trinajstić information content (AvgIpc) is 2.88. The minimum Gasteiger partial charge on any atom is -0.497 e. The molecule has 7 heteroatoms. The van der Waals surface area contributed by atoms with Crippen LogP contribution in [0.3, 0.4) is 0 Å². The van der Waals surface area contributed by atoms with Crippen molar-refractivity contribution in [1.29, 1.82) is 0 Å². The molecule has 0 saturated carbocycles. The predicted molar refractivity (Wildman–Crippen MR) is 133 cm³/mol. The van der Waals surface area contributed by atoms with Gasteiger partial charge in [-0.05, 0) is 61.4 Å². The van der Waals surface area contributed by atoms with E-state index in [9.17, 15) is 9.59 Å². The first-order valence-corrected chi connectivity index (χ1v) is 11.2. The van der Waals surface area contributed by atoms with Gasteiger partial charge in [0.25, 0.3) is 5.91 Å². The molecule has 1 heterocycles. The SMILES string of the molecule is CCC(=O)N(c1ccc([C@H](C)OC)cc1)[C@@H](C(=O)Nc1ccc(OC)cc1C)c1cccnc1. The van der Waals surface area contributed by atoms with Gasteiger partial charge in [-0.2, -0.15) is 0 Å². The van der Waals surface area contributed by atoms with E-state index in [0.717, 1.165) is 11.1 Å². The molecule has 0 fully saturated rings. The van der Waals surface area contributed by atoms with Crippen LogP contribution < -0.4 is 15.0 Å². The lowest BCUT2D eigenvalue weighted by atomic mass is 10.0. The number of anilines is 2. The highest BCUT2D eigenvalue weighted by atomic mass is 16.5. The van der Waals surface area contributed by atoms with Crippen molar-refractivity contribution in [2.24, 2.45) is 0 Å². The van der Waals surface area contributed by atoms with Gasteiger partial charge in [0.15, 0.2) is 0 Å². The number of aromatic nitrogens is 1. The summed E-state index contributed by atoms with van der Waals surface area (Å²) < 4.78 is 10.7. The Hall–Kier alpha value is -3.71. The number of hydrogen-bond donors (Lipinski definition) is 1. The van der Waals surface area contributed by atoms with Crippen molar-refractivity contribution in [3.05, 3.63) is 83.7 Å². The molecule has 0 aliphatic heterocycles. The molecule has 3 aromatic rings. The van der Waals surface area contributed by atoms with Crippen LogP contribution in [0, 0.1) is 6.92 Å². The number of carbonyl (C=O) groups is 2.